The summed E-state index contributed by atoms with van der Waals surface area (Å²) < 4.78 is 36.8. The maximum absolute atomic E-state index is 12.3. The van der Waals surface area contributed by atoms with Crippen LogP contribution >= 0.6 is 0 Å². The van der Waals surface area contributed by atoms with Crippen LogP contribution in [0.3, 0.4) is 0 Å². The van der Waals surface area contributed by atoms with Crippen molar-refractivity contribution < 1.29 is 28.2 Å². The number of hydrogen-bond acceptors (Lipinski definition) is 5. The van der Waals surface area contributed by atoms with Gasteiger partial charge in [0.1, 0.15) is 6.54 Å². The van der Waals surface area contributed by atoms with E-state index in [0.29, 0.717) is 0 Å². The summed E-state index contributed by atoms with van der Waals surface area (Å²) in [5.74, 6) is -1.47. The van der Waals surface area contributed by atoms with Gasteiger partial charge in [-0.1, -0.05) is 0 Å². The van der Waals surface area contributed by atoms with Gasteiger partial charge in [-0.15, -0.1) is 10.2 Å². The van der Waals surface area contributed by atoms with Gasteiger partial charge >= 0.3 is 12.1 Å². The molecule has 0 saturated heterocycles. The molecule has 2 N–H and O–H groups in total. The highest BCUT2D eigenvalue weighted by atomic mass is 19.4. The molecule has 0 atom stereocenters. The third-order valence-corrected chi connectivity index (χ3v) is 1.93. The van der Waals surface area contributed by atoms with Gasteiger partial charge in [0, 0.05) is 6.54 Å². The van der Waals surface area contributed by atoms with Crippen LogP contribution in [0.5, 0.6) is 0 Å². The summed E-state index contributed by atoms with van der Waals surface area (Å²) in [5, 5.41) is 23.9. The highest BCUT2D eigenvalue weighted by Crippen LogP contribution is 2.20. The van der Waals surface area contributed by atoms with Gasteiger partial charge in [0.2, 0.25) is 0 Å². The number of aliphatic hydroxyl groups is 1. The summed E-state index contributed by atoms with van der Waals surface area (Å²) in [7, 11) is 0. The molecule has 0 spiro atoms. The van der Waals surface area contributed by atoms with Crippen molar-refractivity contribution >= 4 is 11.8 Å². The zero-order chi connectivity index (χ0) is 13.8. The summed E-state index contributed by atoms with van der Waals surface area (Å²) >= 11 is 0. The number of anilines is 1. The van der Waals surface area contributed by atoms with Crippen molar-refractivity contribution in [2.24, 2.45) is 0 Å². The van der Waals surface area contributed by atoms with Gasteiger partial charge in [0.15, 0.2) is 11.5 Å². The van der Waals surface area contributed by atoms with Gasteiger partial charge in [-0.3, -0.25) is 0 Å². The fourth-order valence-electron chi connectivity index (χ4n) is 1.22. The number of rotatable bonds is 5. The molecular weight excluding hydrogens is 255 g/mol. The average molecular weight is 265 g/mol. The Hall–Kier alpha value is -1.90. The molecule has 0 unspecified atom stereocenters. The second kappa shape index (κ2) is 5.63. The topological polar surface area (TPSA) is 86.5 Å². The Kier molecular flexibility index (Phi) is 4.43. The number of carboxylic acids is 1. The fourth-order valence-corrected chi connectivity index (χ4v) is 1.22. The SMILES string of the molecule is O=C(O)c1ccc(N(CCO)CC(F)(F)F)nn1. The summed E-state index contributed by atoms with van der Waals surface area (Å²) in [5.41, 5.74) is -0.366. The molecule has 0 radical (unpaired) electrons. The van der Waals surface area contributed by atoms with Gasteiger partial charge in [0.25, 0.3) is 0 Å². The van der Waals surface area contributed by atoms with E-state index in [2.05, 4.69) is 10.2 Å². The highest BCUT2D eigenvalue weighted by molar-refractivity contribution is 5.85. The zero-order valence-electron chi connectivity index (χ0n) is 9.05. The molecule has 9 heteroatoms. The molecule has 0 fully saturated rings. The number of nitrogens with zero attached hydrogens (tertiary/aromatic N) is 3. The summed E-state index contributed by atoms with van der Waals surface area (Å²) in [6.07, 6.45) is -4.46. The lowest BCUT2D eigenvalue weighted by molar-refractivity contribution is -0.120. The summed E-state index contributed by atoms with van der Waals surface area (Å²) in [4.78, 5) is 11.3. The van der Waals surface area contributed by atoms with Crippen molar-refractivity contribution in [1.82, 2.24) is 10.2 Å². The van der Waals surface area contributed by atoms with E-state index in [1.807, 2.05) is 0 Å². The van der Waals surface area contributed by atoms with Crippen LogP contribution in [-0.2, 0) is 0 Å². The molecule has 18 heavy (non-hydrogen) atoms. The minimum atomic E-state index is -4.46. The van der Waals surface area contributed by atoms with Gasteiger partial charge in [-0.05, 0) is 12.1 Å². The van der Waals surface area contributed by atoms with Crippen molar-refractivity contribution in [3.8, 4) is 0 Å². The van der Waals surface area contributed by atoms with E-state index >= 15 is 0 Å². The molecule has 0 aliphatic heterocycles. The normalized spacial score (nSPS) is 11.3. The van der Waals surface area contributed by atoms with E-state index < -0.39 is 25.3 Å². The van der Waals surface area contributed by atoms with Crippen LogP contribution in [0, 0.1) is 0 Å². The van der Waals surface area contributed by atoms with Crippen LogP contribution < -0.4 is 4.90 Å². The van der Waals surface area contributed by atoms with Crippen molar-refractivity contribution in [2.75, 3.05) is 24.6 Å². The molecule has 1 heterocycles. The van der Waals surface area contributed by atoms with Crippen molar-refractivity contribution in [2.45, 2.75) is 6.18 Å². The standard InChI is InChI=1S/C9H10F3N3O3/c10-9(11,12)5-15(3-4-16)7-2-1-6(8(17)18)13-14-7/h1-2,16H,3-5H2,(H,17,18). The first kappa shape index (κ1) is 14.2. The lowest BCUT2D eigenvalue weighted by Crippen LogP contribution is -2.37. The van der Waals surface area contributed by atoms with E-state index in [-0.39, 0.29) is 18.1 Å². The van der Waals surface area contributed by atoms with E-state index in [9.17, 15) is 18.0 Å². The van der Waals surface area contributed by atoms with Gasteiger partial charge in [-0.2, -0.15) is 13.2 Å². The maximum Gasteiger partial charge on any atom is 0.405 e. The van der Waals surface area contributed by atoms with Crippen LogP contribution in [0.4, 0.5) is 19.0 Å². The maximum atomic E-state index is 12.3. The molecule has 6 nitrogen and oxygen atoms in total. The number of hydrogen-bond donors (Lipinski definition) is 2. The smallest absolute Gasteiger partial charge is 0.405 e. The number of alkyl halides is 3. The molecule has 1 aromatic rings. The van der Waals surface area contributed by atoms with Crippen LogP contribution in [0.1, 0.15) is 10.5 Å². The summed E-state index contributed by atoms with van der Waals surface area (Å²) in [6, 6.07) is 2.16. The molecule has 0 amide bonds. The largest absolute Gasteiger partial charge is 0.476 e. The number of halogens is 3. The fraction of sp³-hybridized carbons (Fsp3) is 0.444. The van der Waals surface area contributed by atoms with Gasteiger partial charge < -0.3 is 15.1 Å². The van der Waals surface area contributed by atoms with Crippen LogP contribution in [0.2, 0.25) is 0 Å². The second-order valence-corrected chi connectivity index (χ2v) is 3.34. The summed E-state index contributed by atoms with van der Waals surface area (Å²) in [6.45, 7) is -2.06. The lowest BCUT2D eigenvalue weighted by atomic mass is 10.3. The number of aromatic nitrogens is 2. The molecule has 100 valence electrons. The number of carbonyl (C=O) groups is 1. The highest BCUT2D eigenvalue weighted by Gasteiger charge is 2.31. The zero-order valence-corrected chi connectivity index (χ0v) is 9.05. The monoisotopic (exact) mass is 265 g/mol. The minimum Gasteiger partial charge on any atom is -0.476 e. The second-order valence-electron chi connectivity index (χ2n) is 3.34. The first-order chi connectivity index (χ1) is 8.33. The van der Waals surface area contributed by atoms with E-state index in [1.54, 1.807) is 0 Å². The van der Waals surface area contributed by atoms with Crippen molar-refractivity contribution in [3.63, 3.8) is 0 Å². The van der Waals surface area contributed by atoms with Crippen LogP contribution in [-0.4, -0.2) is 52.3 Å². The van der Waals surface area contributed by atoms with E-state index in [4.69, 9.17) is 10.2 Å². The Labute approximate surface area is 99.7 Å². The average Bonchev–Trinajstić information content (AvgIpc) is 2.27. The van der Waals surface area contributed by atoms with Gasteiger partial charge in [0.05, 0.1) is 6.61 Å². The first-order valence-electron chi connectivity index (χ1n) is 4.83. The number of aliphatic hydroxyl groups excluding tert-OH is 1. The molecule has 1 aromatic heterocycles. The minimum absolute atomic E-state index is 0.147. The first-order valence-corrected chi connectivity index (χ1v) is 4.83. The molecule has 0 bridgehead atoms. The third kappa shape index (κ3) is 4.17. The molecule has 0 saturated carbocycles. The third-order valence-electron chi connectivity index (χ3n) is 1.93. The van der Waals surface area contributed by atoms with Crippen molar-refractivity contribution in [3.05, 3.63) is 17.8 Å². The Morgan fingerprint density at radius 2 is 2.00 bits per heavy atom. The molecule has 0 aliphatic carbocycles. The molecule has 0 aliphatic rings. The van der Waals surface area contributed by atoms with Crippen LogP contribution in [0.25, 0.3) is 0 Å². The van der Waals surface area contributed by atoms with Crippen molar-refractivity contribution in [1.29, 1.82) is 0 Å². The Morgan fingerprint density at radius 3 is 2.39 bits per heavy atom. The Bertz CT molecular complexity index is 408. The van der Waals surface area contributed by atoms with Gasteiger partial charge in [-0.25, -0.2) is 4.79 Å². The molecule has 1 rings (SSSR count). The molecule has 0 aromatic carbocycles. The quantitative estimate of drug-likeness (QED) is 0.807. The van der Waals surface area contributed by atoms with E-state index in [0.717, 1.165) is 17.0 Å². The predicted molar refractivity (Wildman–Crippen MR) is 54.3 cm³/mol. The lowest BCUT2D eigenvalue weighted by Gasteiger charge is -2.23. The predicted octanol–water partition coefficient (Wildman–Crippen LogP) is 0.536. The van der Waals surface area contributed by atoms with Crippen LogP contribution in [0.15, 0.2) is 12.1 Å². The molecular formula is C9H10F3N3O3. The Balaban J connectivity index is 2.88. The Morgan fingerprint density at radius 1 is 1.33 bits per heavy atom. The number of aromatic carboxylic acids is 1. The number of carboxylic acid groups (broad SMARTS) is 1. The van der Waals surface area contributed by atoms with E-state index in [1.165, 1.54) is 0 Å².